The number of amides is 1. The number of carbonyl (C=O) groups is 1. The number of aromatic nitrogens is 1. The van der Waals surface area contributed by atoms with Crippen LogP contribution in [0.25, 0.3) is 10.8 Å². The first-order chi connectivity index (χ1) is 16.6. The van der Waals surface area contributed by atoms with Crippen molar-refractivity contribution < 1.29 is 13.9 Å². The summed E-state index contributed by atoms with van der Waals surface area (Å²) in [6.07, 6.45) is 3.27. The summed E-state index contributed by atoms with van der Waals surface area (Å²) in [6, 6.07) is 13.2. The third kappa shape index (κ3) is 4.99. The Kier molecular flexibility index (Phi) is 6.63. The minimum Gasteiger partial charge on any atom is -0.478 e. The highest BCUT2D eigenvalue weighted by atomic mass is 19.1. The van der Waals surface area contributed by atoms with Crippen molar-refractivity contribution in [3.8, 4) is 5.88 Å². The minimum absolute atomic E-state index is 0.0178. The second-order valence-electron chi connectivity index (χ2n) is 9.18. The molecule has 2 aliphatic heterocycles. The van der Waals surface area contributed by atoms with Crippen molar-refractivity contribution in [1.29, 1.82) is 0 Å². The summed E-state index contributed by atoms with van der Waals surface area (Å²) in [5.41, 5.74) is 3.35. The first kappa shape index (κ1) is 22.6. The zero-order valence-electron chi connectivity index (χ0n) is 19.6. The molecule has 178 valence electrons. The molecule has 1 N–H and O–H groups in total. The number of halogens is 1. The van der Waals surface area contributed by atoms with Gasteiger partial charge < -0.3 is 15.0 Å². The van der Waals surface area contributed by atoms with Gasteiger partial charge in [-0.25, -0.2) is 4.39 Å². The van der Waals surface area contributed by atoms with E-state index in [-0.39, 0.29) is 11.7 Å². The third-order valence-electron chi connectivity index (χ3n) is 6.84. The first-order valence-corrected chi connectivity index (χ1v) is 12.2. The summed E-state index contributed by atoms with van der Waals surface area (Å²) in [7, 11) is 0. The van der Waals surface area contributed by atoms with Gasteiger partial charge in [-0.1, -0.05) is 18.2 Å². The Hall–Kier alpha value is -3.19. The van der Waals surface area contributed by atoms with Crippen molar-refractivity contribution >= 4 is 28.2 Å². The molecule has 1 fully saturated rings. The standard InChI is InChI=1S/C27H31FN4O2/c1-19-17-26(30-27-22(19)9-10-25(33)29-27)34-16-3-2-11-31-12-14-32(15-13-31)24-6-4-5-20-7-8-21(28)18-23(20)24/h4-8,17-18H,2-3,9-16H2,1H3,(H,29,30,33). The second-order valence-corrected chi connectivity index (χ2v) is 9.18. The number of aryl methyl sites for hydroxylation is 1. The van der Waals surface area contributed by atoms with Crippen molar-refractivity contribution in [1.82, 2.24) is 9.88 Å². The lowest BCUT2D eigenvalue weighted by molar-refractivity contribution is -0.116. The molecule has 0 bridgehead atoms. The van der Waals surface area contributed by atoms with Crippen LogP contribution in [0.4, 0.5) is 15.9 Å². The van der Waals surface area contributed by atoms with Gasteiger partial charge in [-0.2, -0.15) is 4.98 Å². The van der Waals surface area contributed by atoms with Gasteiger partial charge >= 0.3 is 0 Å². The van der Waals surface area contributed by atoms with E-state index in [9.17, 15) is 9.18 Å². The summed E-state index contributed by atoms with van der Waals surface area (Å²) in [5.74, 6) is 1.06. The molecule has 6 nitrogen and oxygen atoms in total. The molecule has 1 saturated heterocycles. The number of rotatable bonds is 7. The molecule has 34 heavy (non-hydrogen) atoms. The van der Waals surface area contributed by atoms with Gasteiger partial charge in [-0.05, 0) is 67.4 Å². The number of piperazine rings is 1. The average Bonchev–Trinajstić information content (AvgIpc) is 2.83. The van der Waals surface area contributed by atoms with E-state index in [0.717, 1.165) is 79.6 Å². The summed E-state index contributed by atoms with van der Waals surface area (Å²) in [4.78, 5) is 21.0. The minimum atomic E-state index is -0.189. The van der Waals surface area contributed by atoms with Gasteiger partial charge in [0, 0.05) is 49.7 Å². The number of fused-ring (bicyclic) bond motifs is 2. The van der Waals surface area contributed by atoms with Gasteiger partial charge in [-0.15, -0.1) is 0 Å². The number of nitrogens with zero attached hydrogens (tertiary/aromatic N) is 3. The van der Waals surface area contributed by atoms with Gasteiger partial charge in [-0.3, -0.25) is 9.69 Å². The molecule has 0 atom stereocenters. The zero-order valence-corrected chi connectivity index (χ0v) is 19.6. The van der Waals surface area contributed by atoms with E-state index in [0.29, 0.717) is 24.7 Å². The van der Waals surface area contributed by atoms with E-state index in [2.05, 4.69) is 32.2 Å². The molecule has 7 heteroatoms. The number of benzene rings is 2. The van der Waals surface area contributed by atoms with Crippen LogP contribution in [0.1, 0.15) is 30.4 Å². The highest BCUT2D eigenvalue weighted by Gasteiger charge is 2.20. The van der Waals surface area contributed by atoms with Gasteiger partial charge in [0.25, 0.3) is 0 Å². The fraction of sp³-hybridized carbons (Fsp3) is 0.407. The van der Waals surface area contributed by atoms with E-state index in [4.69, 9.17) is 4.74 Å². The van der Waals surface area contributed by atoms with Crippen LogP contribution in [0.5, 0.6) is 5.88 Å². The maximum Gasteiger partial charge on any atom is 0.225 e. The molecule has 2 aromatic carbocycles. The zero-order chi connectivity index (χ0) is 23.5. The largest absolute Gasteiger partial charge is 0.478 e. The Balaban J connectivity index is 1.07. The lowest BCUT2D eigenvalue weighted by atomic mass is 10.0. The molecule has 0 spiro atoms. The number of hydrogen-bond donors (Lipinski definition) is 1. The van der Waals surface area contributed by atoms with E-state index < -0.39 is 0 Å². The normalized spacial score (nSPS) is 16.4. The summed E-state index contributed by atoms with van der Waals surface area (Å²) in [5, 5.41) is 4.92. The topological polar surface area (TPSA) is 57.7 Å². The number of pyridine rings is 1. The van der Waals surface area contributed by atoms with E-state index in [1.165, 1.54) is 6.07 Å². The average molecular weight is 463 g/mol. The van der Waals surface area contributed by atoms with Gasteiger partial charge in [0.2, 0.25) is 11.8 Å². The molecule has 1 amide bonds. The summed E-state index contributed by atoms with van der Waals surface area (Å²) in [6.45, 7) is 7.57. The maximum atomic E-state index is 13.8. The van der Waals surface area contributed by atoms with Crippen LogP contribution in [-0.4, -0.2) is 55.1 Å². The monoisotopic (exact) mass is 462 g/mol. The SMILES string of the molecule is Cc1cc(OCCCCN2CCN(c3cccc4ccc(F)cc34)CC2)nc2c1CCC(=O)N2. The number of anilines is 2. The quantitative estimate of drug-likeness (QED) is 0.522. The number of carbonyl (C=O) groups excluding carboxylic acids is 1. The molecule has 0 saturated carbocycles. The van der Waals surface area contributed by atoms with E-state index in [1.54, 1.807) is 6.07 Å². The molecule has 3 aromatic rings. The Morgan fingerprint density at radius 3 is 2.76 bits per heavy atom. The van der Waals surface area contributed by atoms with Crippen molar-refractivity contribution in [3.63, 3.8) is 0 Å². The Morgan fingerprint density at radius 2 is 1.91 bits per heavy atom. The predicted octanol–water partition coefficient (Wildman–Crippen LogP) is 4.55. The molecule has 3 heterocycles. The lowest BCUT2D eigenvalue weighted by Crippen LogP contribution is -2.46. The molecule has 2 aliphatic rings. The van der Waals surface area contributed by atoms with Crippen molar-refractivity contribution in [2.24, 2.45) is 0 Å². The van der Waals surface area contributed by atoms with Crippen LogP contribution in [0.15, 0.2) is 42.5 Å². The Morgan fingerprint density at radius 1 is 1.06 bits per heavy atom. The predicted molar refractivity (Wildman–Crippen MR) is 133 cm³/mol. The molecule has 1 aromatic heterocycles. The van der Waals surface area contributed by atoms with Crippen LogP contribution in [-0.2, 0) is 11.2 Å². The third-order valence-corrected chi connectivity index (χ3v) is 6.84. The molecule has 0 aliphatic carbocycles. The van der Waals surface area contributed by atoms with E-state index >= 15 is 0 Å². The van der Waals surface area contributed by atoms with Gasteiger partial charge in [0.15, 0.2) is 0 Å². The van der Waals surface area contributed by atoms with Crippen LogP contribution in [0.3, 0.4) is 0 Å². The molecule has 5 rings (SSSR count). The number of nitrogens with one attached hydrogen (secondary N) is 1. The molecule has 0 unspecified atom stereocenters. The smallest absolute Gasteiger partial charge is 0.225 e. The summed E-state index contributed by atoms with van der Waals surface area (Å²) >= 11 is 0. The highest BCUT2D eigenvalue weighted by molar-refractivity contribution is 5.94. The lowest BCUT2D eigenvalue weighted by Gasteiger charge is -2.36. The number of hydrogen-bond acceptors (Lipinski definition) is 5. The van der Waals surface area contributed by atoms with Crippen LogP contribution >= 0.6 is 0 Å². The van der Waals surface area contributed by atoms with E-state index in [1.807, 2.05) is 25.1 Å². The fourth-order valence-corrected chi connectivity index (χ4v) is 4.93. The first-order valence-electron chi connectivity index (χ1n) is 12.2. The summed E-state index contributed by atoms with van der Waals surface area (Å²) < 4.78 is 19.7. The fourth-order valence-electron chi connectivity index (χ4n) is 4.93. The number of ether oxygens (including phenoxy) is 1. The maximum absolute atomic E-state index is 13.8. The Labute approximate surface area is 199 Å². The van der Waals surface area contributed by atoms with Crippen molar-refractivity contribution in [2.45, 2.75) is 32.6 Å². The van der Waals surface area contributed by atoms with Crippen molar-refractivity contribution in [2.75, 3.05) is 49.5 Å². The van der Waals surface area contributed by atoms with Gasteiger partial charge in [0.05, 0.1) is 6.61 Å². The van der Waals surface area contributed by atoms with Crippen LogP contribution in [0, 0.1) is 12.7 Å². The van der Waals surface area contributed by atoms with Crippen molar-refractivity contribution in [3.05, 3.63) is 59.4 Å². The Bertz CT molecular complexity index is 1190. The molecular formula is C27H31FN4O2. The highest BCUT2D eigenvalue weighted by Crippen LogP contribution is 2.29. The second kappa shape index (κ2) is 9.97. The number of unbranched alkanes of at least 4 members (excludes halogenated alkanes) is 1. The molecular weight excluding hydrogens is 431 g/mol. The van der Waals surface area contributed by atoms with Gasteiger partial charge in [0.1, 0.15) is 11.6 Å². The van der Waals surface area contributed by atoms with Crippen LogP contribution < -0.4 is 15.0 Å². The van der Waals surface area contributed by atoms with Crippen LogP contribution in [0.2, 0.25) is 0 Å². The molecule has 0 radical (unpaired) electrons.